The van der Waals surface area contributed by atoms with Crippen LogP contribution in [-0.4, -0.2) is 30.6 Å². The first-order chi connectivity index (χ1) is 10.8. The Hall–Kier alpha value is -1.69. The lowest BCUT2D eigenvalue weighted by Crippen LogP contribution is -2.36. The van der Waals surface area contributed by atoms with E-state index < -0.39 is 0 Å². The summed E-state index contributed by atoms with van der Waals surface area (Å²) in [6, 6.07) is 3.11. The van der Waals surface area contributed by atoms with Crippen LogP contribution < -0.4 is 5.73 Å². The van der Waals surface area contributed by atoms with E-state index >= 15 is 0 Å². The van der Waals surface area contributed by atoms with Gasteiger partial charge in [0, 0.05) is 30.1 Å². The molecule has 0 aromatic carbocycles. The molecule has 0 spiro atoms. The van der Waals surface area contributed by atoms with Gasteiger partial charge in [0.1, 0.15) is 12.4 Å². The fourth-order valence-electron chi connectivity index (χ4n) is 3.53. The van der Waals surface area contributed by atoms with Gasteiger partial charge in [-0.25, -0.2) is 0 Å². The van der Waals surface area contributed by atoms with E-state index in [2.05, 4.69) is 27.0 Å². The first kappa shape index (κ1) is 12.8. The average molecular weight is 298 g/mol. The fraction of sp³-hybridized carbons (Fsp3) is 0.688. The Morgan fingerprint density at radius 1 is 1.09 bits per heavy atom. The lowest BCUT2D eigenvalue weighted by Gasteiger charge is -2.31. The summed E-state index contributed by atoms with van der Waals surface area (Å²) >= 11 is 0. The largest absolute Gasteiger partial charge is 0.328 e. The summed E-state index contributed by atoms with van der Waals surface area (Å²) in [5.41, 5.74) is 7.18. The smallest absolute Gasteiger partial charge is 0.155 e. The maximum absolute atomic E-state index is 5.94. The summed E-state index contributed by atoms with van der Waals surface area (Å²) in [7, 11) is 0. The third kappa shape index (κ3) is 2.17. The van der Waals surface area contributed by atoms with Gasteiger partial charge in [-0.05, 0) is 44.6 Å². The van der Waals surface area contributed by atoms with Crippen LogP contribution in [0.25, 0.3) is 0 Å². The molecule has 3 saturated carbocycles. The highest BCUT2D eigenvalue weighted by atomic mass is 15.4. The van der Waals surface area contributed by atoms with Crippen molar-refractivity contribution in [2.24, 2.45) is 5.73 Å². The van der Waals surface area contributed by atoms with Crippen molar-refractivity contribution in [3.8, 4) is 0 Å². The second-order valence-electron chi connectivity index (χ2n) is 7.22. The van der Waals surface area contributed by atoms with E-state index in [1.807, 2.05) is 4.68 Å². The van der Waals surface area contributed by atoms with Gasteiger partial charge in [0.2, 0.25) is 0 Å². The summed E-state index contributed by atoms with van der Waals surface area (Å²) in [6.45, 7) is 0.731. The molecule has 2 aromatic rings. The summed E-state index contributed by atoms with van der Waals surface area (Å²) in [4.78, 5) is 0. The molecular weight excluding hydrogens is 276 g/mol. The Labute approximate surface area is 129 Å². The third-order valence-corrected chi connectivity index (χ3v) is 5.20. The van der Waals surface area contributed by atoms with Crippen LogP contribution in [0.15, 0.2) is 12.3 Å². The number of hydrogen-bond donors (Lipinski definition) is 1. The molecule has 0 unspecified atom stereocenters. The SMILES string of the molecule is NC1CC(c2nnc(Cn3ccc(C4CC4)n3)n2C2CC2)C1. The van der Waals surface area contributed by atoms with Gasteiger partial charge in [0.25, 0.3) is 0 Å². The van der Waals surface area contributed by atoms with Crippen molar-refractivity contribution in [2.75, 3.05) is 0 Å². The van der Waals surface area contributed by atoms with Crippen molar-refractivity contribution >= 4 is 0 Å². The molecule has 2 N–H and O–H groups in total. The molecule has 0 bridgehead atoms. The van der Waals surface area contributed by atoms with Crippen LogP contribution in [0.1, 0.15) is 73.7 Å². The van der Waals surface area contributed by atoms with Crippen molar-refractivity contribution in [2.45, 2.75) is 69.0 Å². The molecule has 3 aliphatic rings. The summed E-state index contributed by atoms with van der Waals surface area (Å²) in [6.07, 6.45) is 9.28. The van der Waals surface area contributed by atoms with Gasteiger partial charge >= 0.3 is 0 Å². The monoisotopic (exact) mass is 298 g/mol. The minimum absolute atomic E-state index is 0.352. The molecular formula is C16H22N6. The van der Waals surface area contributed by atoms with Crippen LogP contribution in [0, 0.1) is 0 Å². The third-order valence-electron chi connectivity index (χ3n) is 5.20. The molecule has 6 heteroatoms. The molecule has 6 nitrogen and oxygen atoms in total. The number of rotatable bonds is 5. The zero-order valence-corrected chi connectivity index (χ0v) is 12.7. The van der Waals surface area contributed by atoms with Crippen LogP contribution in [0.5, 0.6) is 0 Å². The second kappa shape index (κ2) is 4.65. The maximum Gasteiger partial charge on any atom is 0.155 e. The second-order valence-corrected chi connectivity index (χ2v) is 7.22. The highest BCUT2D eigenvalue weighted by Gasteiger charge is 2.37. The molecule has 0 amide bonds. The molecule has 0 aliphatic heterocycles. The van der Waals surface area contributed by atoms with Crippen molar-refractivity contribution in [3.05, 3.63) is 29.6 Å². The van der Waals surface area contributed by atoms with E-state index in [1.54, 1.807) is 0 Å². The number of aromatic nitrogens is 5. The zero-order chi connectivity index (χ0) is 14.7. The van der Waals surface area contributed by atoms with E-state index in [9.17, 15) is 0 Å². The predicted octanol–water partition coefficient (Wildman–Crippen LogP) is 1.94. The van der Waals surface area contributed by atoms with Crippen molar-refractivity contribution in [3.63, 3.8) is 0 Å². The van der Waals surface area contributed by atoms with E-state index in [0.29, 0.717) is 23.9 Å². The number of hydrogen-bond acceptors (Lipinski definition) is 4. The van der Waals surface area contributed by atoms with Crippen LogP contribution in [-0.2, 0) is 6.54 Å². The van der Waals surface area contributed by atoms with Gasteiger partial charge in [0.05, 0.1) is 5.69 Å². The summed E-state index contributed by atoms with van der Waals surface area (Å²) < 4.78 is 4.40. The van der Waals surface area contributed by atoms with Gasteiger partial charge in [-0.2, -0.15) is 5.10 Å². The summed E-state index contributed by atoms with van der Waals surface area (Å²) in [5, 5.41) is 13.7. The molecule has 2 heterocycles. The quantitative estimate of drug-likeness (QED) is 0.915. The van der Waals surface area contributed by atoms with E-state index in [4.69, 9.17) is 10.8 Å². The standard InChI is InChI=1S/C16H22N6/c17-12-7-11(8-12)16-19-18-15(22(16)13-3-4-13)9-21-6-5-14(20-21)10-1-2-10/h5-6,10-13H,1-4,7-9,17H2. The van der Waals surface area contributed by atoms with Crippen LogP contribution in [0.2, 0.25) is 0 Å². The van der Waals surface area contributed by atoms with Gasteiger partial charge < -0.3 is 10.3 Å². The summed E-state index contributed by atoms with van der Waals surface area (Å²) in [5.74, 6) is 3.43. The Balaban J connectivity index is 1.41. The minimum atomic E-state index is 0.352. The van der Waals surface area contributed by atoms with Crippen LogP contribution in [0.4, 0.5) is 0 Å². The molecule has 3 fully saturated rings. The van der Waals surface area contributed by atoms with E-state index in [1.165, 1.54) is 31.4 Å². The Morgan fingerprint density at radius 3 is 2.59 bits per heavy atom. The lowest BCUT2D eigenvalue weighted by atomic mass is 9.80. The zero-order valence-electron chi connectivity index (χ0n) is 12.7. The highest BCUT2D eigenvalue weighted by Crippen LogP contribution is 2.42. The normalized spacial score (nSPS) is 27.9. The Bertz CT molecular complexity index is 687. The minimum Gasteiger partial charge on any atom is -0.328 e. The molecule has 3 aliphatic carbocycles. The number of nitrogens with two attached hydrogens (primary N) is 1. The van der Waals surface area contributed by atoms with Crippen molar-refractivity contribution in [1.29, 1.82) is 0 Å². The van der Waals surface area contributed by atoms with E-state index in [0.717, 1.165) is 31.0 Å². The topological polar surface area (TPSA) is 74.6 Å². The van der Waals surface area contributed by atoms with Crippen LogP contribution in [0.3, 0.4) is 0 Å². The highest BCUT2D eigenvalue weighted by molar-refractivity contribution is 5.14. The molecule has 22 heavy (non-hydrogen) atoms. The van der Waals surface area contributed by atoms with Gasteiger partial charge in [-0.3, -0.25) is 4.68 Å². The van der Waals surface area contributed by atoms with Gasteiger partial charge in [-0.1, -0.05) is 0 Å². The Kier molecular flexibility index (Phi) is 2.71. The van der Waals surface area contributed by atoms with E-state index in [-0.39, 0.29) is 0 Å². The molecule has 0 atom stereocenters. The molecule has 116 valence electrons. The maximum atomic E-state index is 5.94. The molecule has 5 rings (SSSR count). The first-order valence-electron chi connectivity index (χ1n) is 8.50. The van der Waals surface area contributed by atoms with Crippen molar-refractivity contribution in [1.82, 2.24) is 24.5 Å². The predicted molar refractivity (Wildman–Crippen MR) is 81.5 cm³/mol. The number of nitrogens with zero attached hydrogens (tertiary/aromatic N) is 5. The fourth-order valence-corrected chi connectivity index (χ4v) is 3.53. The van der Waals surface area contributed by atoms with Gasteiger partial charge in [0.15, 0.2) is 5.82 Å². The average Bonchev–Trinajstić information content (AvgIpc) is 3.41. The van der Waals surface area contributed by atoms with Crippen LogP contribution >= 0.6 is 0 Å². The molecule has 2 aromatic heterocycles. The van der Waals surface area contributed by atoms with Crippen molar-refractivity contribution < 1.29 is 0 Å². The Morgan fingerprint density at radius 2 is 1.91 bits per heavy atom. The lowest BCUT2D eigenvalue weighted by molar-refractivity contribution is 0.327. The molecule has 0 radical (unpaired) electrons. The van der Waals surface area contributed by atoms with Gasteiger partial charge in [-0.15, -0.1) is 10.2 Å². The first-order valence-corrected chi connectivity index (χ1v) is 8.50. The molecule has 0 saturated heterocycles.